The molecule has 0 bridgehead atoms. The maximum atomic E-state index is 5.99. The first-order chi connectivity index (χ1) is 7.22. The molecule has 1 N–H and O–H groups in total. The van der Waals surface area contributed by atoms with E-state index in [-0.39, 0.29) is 6.10 Å². The van der Waals surface area contributed by atoms with Crippen LogP contribution in [0.1, 0.15) is 33.6 Å². The smallest absolute Gasteiger partial charge is 0.138 e. The Kier molecular flexibility index (Phi) is 5.12. The molecule has 0 aromatic rings. The maximum Gasteiger partial charge on any atom is 0.138 e. The van der Waals surface area contributed by atoms with E-state index in [0.717, 1.165) is 18.6 Å². The van der Waals surface area contributed by atoms with Gasteiger partial charge in [-0.05, 0) is 26.0 Å². The molecule has 0 fully saturated rings. The molecular weight excluding hydrogens is 190 g/mol. The third-order valence-corrected chi connectivity index (χ3v) is 2.83. The highest BCUT2D eigenvalue weighted by molar-refractivity contribution is 5.07. The second-order valence-electron chi connectivity index (χ2n) is 4.05. The minimum absolute atomic E-state index is 0.138. The zero-order valence-corrected chi connectivity index (χ0v) is 10.2. The van der Waals surface area contributed by atoms with Crippen LogP contribution in [-0.2, 0) is 9.47 Å². The van der Waals surface area contributed by atoms with Gasteiger partial charge in [0.05, 0.1) is 6.10 Å². The van der Waals surface area contributed by atoms with E-state index in [2.05, 4.69) is 32.2 Å². The van der Waals surface area contributed by atoms with Gasteiger partial charge >= 0.3 is 0 Å². The van der Waals surface area contributed by atoms with Crippen LogP contribution in [0.5, 0.6) is 0 Å². The van der Waals surface area contributed by atoms with Crippen LogP contribution in [0.15, 0.2) is 11.8 Å². The van der Waals surface area contributed by atoms with Crippen molar-refractivity contribution in [2.75, 3.05) is 13.8 Å². The predicted molar refractivity (Wildman–Crippen MR) is 61.5 cm³/mol. The third kappa shape index (κ3) is 3.21. The van der Waals surface area contributed by atoms with Gasteiger partial charge in [-0.15, -0.1) is 0 Å². The van der Waals surface area contributed by atoms with Crippen LogP contribution in [0.2, 0.25) is 0 Å². The Morgan fingerprint density at radius 3 is 2.67 bits per heavy atom. The van der Waals surface area contributed by atoms with Gasteiger partial charge in [-0.3, -0.25) is 5.32 Å². The van der Waals surface area contributed by atoms with Crippen molar-refractivity contribution >= 4 is 0 Å². The summed E-state index contributed by atoms with van der Waals surface area (Å²) >= 11 is 0. The zero-order valence-electron chi connectivity index (χ0n) is 10.2. The van der Waals surface area contributed by atoms with Crippen molar-refractivity contribution in [3.8, 4) is 0 Å². The van der Waals surface area contributed by atoms with Crippen molar-refractivity contribution in [3.05, 3.63) is 11.8 Å². The lowest BCUT2D eigenvalue weighted by Crippen LogP contribution is -2.34. The van der Waals surface area contributed by atoms with Gasteiger partial charge in [0, 0.05) is 5.92 Å². The van der Waals surface area contributed by atoms with Gasteiger partial charge in [0.15, 0.2) is 0 Å². The lowest BCUT2D eigenvalue weighted by molar-refractivity contribution is -0.0586. The molecule has 0 saturated carbocycles. The predicted octanol–water partition coefficient (Wildman–Crippen LogP) is 2.29. The van der Waals surface area contributed by atoms with E-state index < -0.39 is 0 Å². The maximum absolute atomic E-state index is 5.99. The van der Waals surface area contributed by atoms with Crippen LogP contribution in [0.3, 0.4) is 0 Å². The van der Waals surface area contributed by atoms with Crippen molar-refractivity contribution in [2.24, 2.45) is 5.92 Å². The quantitative estimate of drug-likeness (QED) is 0.711. The van der Waals surface area contributed by atoms with Crippen LogP contribution >= 0.6 is 0 Å². The Bertz CT molecular complexity index is 216. The Balaban J connectivity index is 2.65. The summed E-state index contributed by atoms with van der Waals surface area (Å²) in [5, 5.41) is 2.98. The van der Waals surface area contributed by atoms with Crippen LogP contribution in [0, 0.1) is 5.92 Å². The summed E-state index contributed by atoms with van der Waals surface area (Å²) in [6.45, 7) is 7.03. The number of ether oxygens (including phenoxy) is 2. The summed E-state index contributed by atoms with van der Waals surface area (Å²) in [7, 11) is 1.88. The second-order valence-corrected chi connectivity index (χ2v) is 4.05. The molecule has 88 valence electrons. The first kappa shape index (κ1) is 12.5. The average molecular weight is 213 g/mol. The highest BCUT2D eigenvalue weighted by Gasteiger charge is 2.28. The molecule has 0 saturated heterocycles. The molecule has 1 aliphatic heterocycles. The number of hydrogen-bond acceptors (Lipinski definition) is 3. The molecule has 0 aromatic carbocycles. The van der Waals surface area contributed by atoms with Crippen molar-refractivity contribution in [1.29, 1.82) is 0 Å². The molecule has 1 heterocycles. The van der Waals surface area contributed by atoms with Gasteiger partial charge in [-0.1, -0.05) is 20.8 Å². The number of rotatable bonds is 5. The first-order valence-electron chi connectivity index (χ1n) is 5.87. The summed E-state index contributed by atoms with van der Waals surface area (Å²) in [6.07, 6.45) is 4.73. The fourth-order valence-electron chi connectivity index (χ4n) is 1.94. The van der Waals surface area contributed by atoms with E-state index in [1.165, 1.54) is 0 Å². The molecule has 0 radical (unpaired) electrons. The van der Waals surface area contributed by atoms with Crippen LogP contribution in [0.25, 0.3) is 0 Å². The van der Waals surface area contributed by atoms with E-state index in [0.29, 0.717) is 18.8 Å². The van der Waals surface area contributed by atoms with Gasteiger partial charge < -0.3 is 9.47 Å². The molecule has 3 nitrogen and oxygen atoms in total. The van der Waals surface area contributed by atoms with E-state index in [9.17, 15) is 0 Å². The highest BCUT2D eigenvalue weighted by Crippen LogP contribution is 2.27. The van der Waals surface area contributed by atoms with Gasteiger partial charge in [0.1, 0.15) is 18.6 Å². The van der Waals surface area contributed by atoms with E-state index in [1.807, 2.05) is 7.05 Å². The lowest BCUT2D eigenvalue weighted by Gasteiger charge is -2.33. The van der Waals surface area contributed by atoms with Gasteiger partial charge in [0.25, 0.3) is 0 Å². The minimum Gasteiger partial charge on any atom is -0.480 e. The molecule has 2 unspecified atom stereocenters. The Hall–Kier alpha value is -0.540. The monoisotopic (exact) mass is 213 g/mol. The summed E-state index contributed by atoms with van der Waals surface area (Å²) in [6, 6.07) is 0. The number of nitrogens with one attached hydrogen (secondary N) is 1. The molecule has 0 spiro atoms. The molecule has 3 heteroatoms. The topological polar surface area (TPSA) is 30.5 Å². The van der Waals surface area contributed by atoms with Crippen LogP contribution in [0.4, 0.5) is 0 Å². The second kappa shape index (κ2) is 6.13. The number of hydrogen-bond donors (Lipinski definition) is 1. The van der Waals surface area contributed by atoms with Gasteiger partial charge in [-0.2, -0.15) is 0 Å². The lowest BCUT2D eigenvalue weighted by atomic mass is 9.96. The van der Waals surface area contributed by atoms with Crippen molar-refractivity contribution in [2.45, 2.75) is 45.8 Å². The summed E-state index contributed by atoms with van der Waals surface area (Å²) in [4.78, 5) is 0. The normalized spacial score (nSPS) is 31.2. The summed E-state index contributed by atoms with van der Waals surface area (Å²) in [5.41, 5.74) is 0. The summed E-state index contributed by atoms with van der Waals surface area (Å²) in [5.74, 6) is 1.44. The first-order valence-corrected chi connectivity index (χ1v) is 5.87. The molecule has 1 rings (SSSR count). The largest absolute Gasteiger partial charge is 0.480 e. The van der Waals surface area contributed by atoms with Crippen molar-refractivity contribution < 1.29 is 9.47 Å². The van der Waals surface area contributed by atoms with Crippen molar-refractivity contribution in [1.82, 2.24) is 5.32 Å². The third-order valence-electron chi connectivity index (χ3n) is 2.83. The molecule has 1 aliphatic rings. The van der Waals surface area contributed by atoms with Crippen LogP contribution < -0.4 is 5.32 Å². The highest BCUT2D eigenvalue weighted by atomic mass is 16.5. The SMILES string of the molecule is CCC1O[C@@H](CC)C(C)C=C1OCNC. The van der Waals surface area contributed by atoms with E-state index in [4.69, 9.17) is 9.47 Å². The average Bonchev–Trinajstić information content (AvgIpc) is 2.26. The van der Waals surface area contributed by atoms with Gasteiger partial charge in [0.2, 0.25) is 0 Å². The standard InChI is InChI=1S/C12H23NO2/c1-5-10-9(3)7-12(14-8-13-4)11(6-2)15-10/h7,9-11,13H,5-6,8H2,1-4H3/t9?,10-,11?/m0/s1. The molecule has 3 atom stereocenters. The summed E-state index contributed by atoms with van der Waals surface area (Å²) < 4.78 is 11.6. The molecule has 0 aromatic heterocycles. The molecule has 0 amide bonds. The molecular formula is C12H23NO2. The molecule has 15 heavy (non-hydrogen) atoms. The Labute approximate surface area is 92.8 Å². The molecule has 0 aliphatic carbocycles. The van der Waals surface area contributed by atoms with Crippen molar-refractivity contribution in [3.63, 3.8) is 0 Å². The Morgan fingerprint density at radius 1 is 1.40 bits per heavy atom. The minimum atomic E-state index is 0.138. The Morgan fingerprint density at radius 2 is 2.13 bits per heavy atom. The van der Waals surface area contributed by atoms with Crippen LogP contribution in [-0.4, -0.2) is 26.0 Å². The zero-order chi connectivity index (χ0) is 11.3. The fraction of sp³-hybridized carbons (Fsp3) is 0.833. The van der Waals surface area contributed by atoms with E-state index in [1.54, 1.807) is 0 Å². The van der Waals surface area contributed by atoms with Gasteiger partial charge in [-0.25, -0.2) is 0 Å². The fourth-order valence-corrected chi connectivity index (χ4v) is 1.94. The van der Waals surface area contributed by atoms with E-state index >= 15 is 0 Å².